The van der Waals surface area contributed by atoms with Gasteiger partial charge in [-0.25, -0.2) is 4.79 Å². The van der Waals surface area contributed by atoms with Gasteiger partial charge in [-0.05, 0) is 43.2 Å². The first kappa shape index (κ1) is 24.6. The third-order valence-corrected chi connectivity index (χ3v) is 4.84. The number of hydrogen-bond acceptors (Lipinski definition) is 7. The number of aryl methyl sites for hydroxylation is 1. The highest BCUT2D eigenvalue weighted by Crippen LogP contribution is 2.30. The molecule has 2 aromatic rings. The van der Waals surface area contributed by atoms with Crippen LogP contribution < -0.4 is 10.1 Å². The quantitative estimate of drug-likeness (QED) is 0.354. The van der Waals surface area contributed by atoms with Crippen LogP contribution in [0.5, 0.6) is 5.75 Å². The molecule has 2 aromatic carbocycles. The molecule has 8 heteroatoms. The van der Waals surface area contributed by atoms with Crippen molar-refractivity contribution in [3.63, 3.8) is 0 Å². The minimum atomic E-state index is -0.575. The Bertz CT molecular complexity index is 825. The number of ether oxygens (including phenoxy) is 3. The van der Waals surface area contributed by atoms with Crippen LogP contribution in [0.2, 0.25) is 0 Å². The summed E-state index contributed by atoms with van der Waals surface area (Å²) >= 11 is 3.89. The summed E-state index contributed by atoms with van der Waals surface area (Å²) in [5.74, 6) is 0.106. The Morgan fingerprint density at radius 3 is 2.35 bits per heavy atom. The van der Waals surface area contributed by atoms with Crippen molar-refractivity contribution in [3.05, 3.63) is 59.7 Å². The van der Waals surface area contributed by atoms with E-state index in [0.29, 0.717) is 17.9 Å². The number of amides is 1. The van der Waals surface area contributed by atoms with Gasteiger partial charge >= 0.3 is 12.1 Å². The fraction of sp³-hybridized carbons (Fsp3) is 0.391. The molecule has 0 bridgehead atoms. The maximum absolute atomic E-state index is 12.5. The Hall–Kier alpha value is -2.71. The van der Waals surface area contributed by atoms with Crippen LogP contribution in [0.3, 0.4) is 0 Å². The summed E-state index contributed by atoms with van der Waals surface area (Å²) in [4.78, 5) is 23.9. The number of thiol groups is 1. The van der Waals surface area contributed by atoms with E-state index in [-0.39, 0.29) is 31.5 Å². The second-order valence-corrected chi connectivity index (χ2v) is 7.42. The normalized spacial score (nSPS) is 12.5. The van der Waals surface area contributed by atoms with Gasteiger partial charge in [0.15, 0.2) is 0 Å². The predicted octanol–water partition coefficient (Wildman–Crippen LogP) is 4.16. The average molecular weight is 448 g/mol. The molecule has 0 aliphatic heterocycles. The number of anilines is 1. The molecule has 0 unspecified atom stereocenters. The van der Waals surface area contributed by atoms with Crippen LogP contribution in [-0.4, -0.2) is 42.7 Å². The summed E-state index contributed by atoms with van der Waals surface area (Å²) in [6.07, 6.45) is -0.634. The van der Waals surface area contributed by atoms with E-state index in [4.69, 9.17) is 19.3 Å². The highest BCUT2D eigenvalue weighted by molar-refractivity contribution is 7.81. The highest BCUT2D eigenvalue weighted by atomic mass is 32.1. The molecule has 2 atom stereocenters. The summed E-state index contributed by atoms with van der Waals surface area (Å²) in [5.41, 5.74) is 2.51. The second kappa shape index (κ2) is 12.9. The lowest BCUT2D eigenvalue weighted by Crippen LogP contribution is -2.23. The topological polar surface area (TPSA) is 94.1 Å². The zero-order chi connectivity index (χ0) is 22.6. The number of benzene rings is 2. The summed E-state index contributed by atoms with van der Waals surface area (Å²) < 4.78 is 16.2. The third-order valence-electron chi connectivity index (χ3n) is 4.58. The smallest absolute Gasteiger partial charge is 0.412 e. The fourth-order valence-corrected chi connectivity index (χ4v) is 2.98. The molecule has 2 rings (SSSR count). The predicted molar refractivity (Wildman–Crippen MR) is 122 cm³/mol. The number of aliphatic hydroxyl groups excluding tert-OH is 1. The van der Waals surface area contributed by atoms with E-state index >= 15 is 0 Å². The summed E-state index contributed by atoms with van der Waals surface area (Å²) in [7, 11) is 0. The van der Waals surface area contributed by atoms with Crippen LogP contribution in [-0.2, 0) is 14.3 Å². The summed E-state index contributed by atoms with van der Waals surface area (Å²) in [5, 5.41) is 11.6. The van der Waals surface area contributed by atoms with E-state index in [1.165, 1.54) is 0 Å². The molecule has 0 heterocycles. The number of carbonyl (C=O) groups is 2. The number of hydrogen-bond donors (Lipinski definition) is 3. The third kappa shape index (κ3) is 8.51. The molecule has 7 nitrogen and oxygen atoms in total. The van der Waals surface area contributed by atoms with Crippen LogP contribution in [0.1, 0.15) is 30.6 Å². The minimum absolute atomic E-state index is 0.0164. The van der Waals surface area contributed by atoms with E-state index < -0.39 is 18.2 Å². The molecule has 0 spiro atoms. The van der Waals surface area contributed by atoms with Crippen LogP contribution in [0.25, 0.3) is 0 Å². The van der Waals surface area contributed by atoms with Crippen LogP contribution in [0.15, 0.2) is 48.5 Å². The lowest BCUT2D eigenvalue weighted by molar-refractivity contribution is -0.141. The molecular weight excluding hydrogens is 418 g/mol. The Morgan fingerprint density at radius 2 is 1.74 bits per heavy atom. The number of esters is 1. The highest BCUT2D eigenvalue weighted by Gasteiger charge is 2.24. The molecule has 0 radical (unpaired) electrons. The second-order valence-electron chi connectivity index (χ2n) is 7.10. The molecule has 0 aliphatic rings. The van der Waals surface area contributed by atoms with E-state index in [1.54, 1.807) is 24.3 Å². The van der Waals surface area contributed by atoms with Crippen molar-refractivity contribution < 1.29 is 28.9 Å². The van der Waals surface area contributed by atoms with Crippen molar-refractivity contribution in [2.45, 2.75) is 26.4 Å². The molecule has 2 N–H and O–H groups in total. The van der Waals surface area contributed by atoms with Gasteiger partial charge in [0.1, 0.15) is 18.5 Å². The molecule has 31 heavy (non-hydrogen) atoms. The molecule has 0 aromatic heterocycles. The van der Waals surface area contributed by atoms with Crippen molar-refractivity contribution in [3.8, 4) is 5.75 Å². The first-order valence-electron chi connectivity index (χ1n) is 10.1. The SMILES string of the molecule is Cc1ccc(NC(=O)O[C@H](c2ccc(OCCO)cc2)[C@@H](C)CCOC(=O)CS)cc1. The van der Waals surface area contributed by atoms with Gasteiger partial charge in [0, 0.05) is 11.6 Å². The summed E-state index contributed by atoms with van der Waals surface area (Å²) in [6.45, 7) is 4.22. The van der Waals surface area contributed by atoms with Gasteiger partial charge in [-0.15, -0.1) is 0 Å². The lowest BCUT2D eigenvalue weighted by Gasteiger charge is -2.25. The molecule has 0 saturated heterocycles. The van der Waals surface area contributed by atoms with E-state index in [1.807, 2.05) is 38.1 Å². The van der Waals surface area contributed by atoms with Gasteiger partial charge < -0.3 is 19.3 Å². The average Bonchev–Trinajstić information content (AvgIpc) is 2.77. The number of carbonyl (C=O) groups excluding carboxylic acids is 2. The molecule has 0 fully saturated rings. The van der Waals surface area contributed by atoms with Crippen LogP contribution in [0, 0.1) is 12.8 Å². The van der Waals surface area contributed by atoms with E-state index in [2.05, 4.69) is 17.9 Å². The number of nitrogens with one attached hydrogen (secondary N) is 1. The van der Waals surface area contributed by atoms with Crippen LogP contribution in [0.4, 0.5) is 10.5 Å². The maximum Gasteiger partial charge on any atom is 0.412 e. The Morgan fingerprint density at radius 1 is 1.06 bits per heavy atom. The first-order valence-corrected chi connectivity index (χ1v) is 10.7. The number of aliphatic hydroxyl groups is 1. The van der Waals surface area contributed by atoms with Gasteiger partial charge in [-0.2, -0.15) is 12.6 Å². The van der Waals surface area contributed by atoms with E-state index in [0.717, 1.165) is 11.1 Å². The number of rotatable bonds is 11. The van der Waals surface area contributed by atoms with Crippen molar-refractivity contribution in [2.75, 3.05) is 30.9 Å². The van der Waals surface area contributed by atoms with Crippen molar-refractivity contribution in [2.24, 2.45) is 5.92 Å². The van der Waals surface area contributed by atoms with Gasteiger partial charge in [-0.3, -0.25) is 10.1 Å². The monoisotopic (exact) mass is 447 g/mol. The molecule has 1 amide bonds. The minimum Gasteiger partial charge on any atom is -0.491 e. The zero-order valence-electron chi connectivity index (χ0n) is 17.7. The molecule has 0 aliphatic carbocycles. The Labute approximate surface area is 188 Å². The van der Waals surface area contributed by atoms with Gasteiger partial charge in [0.25, 0.3) is 0 Å². The summed E-state index contributed by atoms with van der Waals surface area (Å²) in [6, 6.07) is 14.5. The molecule has 168 valence electrons. The van der Waals surface area contributed by atoms with E-state index in [9.17, 15) is 9.59 Å². The first-order chi connectivity index (χ1) is 14.9. The van der Waals surface area contributed by atoms with Crippen molar-refractivity contribution >= 4 is 30.4 Å². The standard InChI is InChI=1S/C23H29NO6S/c1-16-3-7-19(8-4-16)24-23(27)30-22(17(2)11-13-29-21(26)15-31)18-5-9-20(10-6-18)28-14-12-25/h3-10,17,22,25,31H,11-15H2,1-2H3,(H,24,27)/t17-,22-/m0/s1. The van der Waals surface area contributed by atoms with Gasteiger partial charge in [-0.1, -0.05) is 36.8 Å². The van der Waals surface area contributed by atoms with Crippen molar-refractivity contribution in [1.82, 2.24) is 0 Å². The van der Waals surface area contributed by atoms with Gasteiger partial charge in [0.05, 0.1) is 19.0 Å². The van der Waals surface area contributed by atoms with Crippen LogP contribution >= 0.6 is 12.6 Å². The largest absolute Gasteiger partial charge is 0.491 e. The molecular formula is C23H29NO6S. The molecule has 0 saturated carbocycles. The van der Waals surface area contributed by atoms with Gasteiger partial charge in [0.2, 0.25) is 0 Å². The Balaban J connectivity index is 2.09. The van der Waals surface area contributed by atoms with Crippen molar-refractivity contribution in [1.29, 1.82) is 0 Å². The fourth-order valence-electron chi connectivity index (χ4n) is 2.89. The lowest BCUT2D eigenvalue weighted by atomic mass is 9.94. The zero-order valence-corrected chi connectivity index (χ0v) is 18.6. The maximum atomic E-state index is 12.5. The Kier molecular flexibility index (Phi) is 10.2.